The third kappa shape index (κ3) is 1.58. The summed E-state index contributed by atoms with van der Waals surface area (Å²) in [5.74, 6) is 0. The van der Waals surface area contributed by atoms with Crippen LogP contribution in [-0.2, 0) is 12.0 Å². The van der Waals surface area contributed by atoms with Crippen molar-refractivity contribution in [2.45, 2.75) is 39.2 Å². The van der Waals surface area contributed by atoms with E-state index >= 15 is 0 Å². The van der Waals surface area contributed by atoms with Gasteiger partial charge in [0, 0.05) is 5.54 Å². The molecule has 15 heavy (non-hydrogen) atoms. The van der Waals surface area contributed by atoms with E-state index in [0.717, 1.165) is 12.8 Å². The summed E-state index contributed by atoms with van der Waals surface area (Å²) in [5.41, 5.74) is 9.30. The van der Waals surface area contributed by atoms with Gasteiger partial charge in [0.1, 0.15) is 0 Å². The zero-order valence-electron chi connectivity index (χ0n) is 9.71. The maximum Gasteiger partial charge on any atom is 0.0441 e. The molecule has 2 unspecified atom stereocenters. The highest BCUT2D eigenvalue weighted by atomic mass is 35.5. The highest BCUT2D eigenvalue weighted by Gasteiger charge is 2.47. The Morgan fingerprint density at radius 1 is 1.27 bits per heavy atom. The maximum atomic E-state index is 6.48. The second kappa shape index (κ2) is 3.80. The fraction of sp³-hybridized carbons (Fsp3) is 0.538. The number of fused-ring (bicyclic) bond motifs is 1. The molecule has 0 aromatic heterocycles. The predicted molar refractivity (Wildman–Crippen MR) is 67.3 cm³/mol. The average Bonchev–Trinajstić information content (AvgIpc) is 2.37. The Hall–Kier alpha value is -0.530. The van der Waals surface area contributed by atoms with Gasteiger partial charge in [0.25, 0.3) is 0 Å². The first-order valence-corrected chi connectivity index (χ1v) is 5.38. The third-order valence-corrected chi connectivity index (χ3v) is 4.19. The van der Waals surface area contributed by atoms with Gasteiger partial charge >= 0.3 is 0 Å². The van der Waals surface area contributed by atoms with Gasteiger partial charge in [-0.05, 0) is 36.3 Å². The molecule has 0 amide bonds. The second-order valence-electron chi connectivity index (χ2n) is 4.95. The SMILES string of the molecule is CCC1(C)Cc2ccccc2C1(C)N.Cl. The van der Waals surface area contributed by atoms with Crippen LogP contribution in [0.4, 0.5) is 0 Å². The fourth-order valence-corrected chi connectivity index (χ4v) is 2.60. The van der Waals surface area contributed by atoms with Gasteiger partial charge in [0.05, 0.1) is 0 Å². The molecule has 2 heteroatoms. The third-order valence-electron chi connectivity index (χ3n) is 4.19. The Morgan fingerprint density at radius 2 is 1.87 bits per heavy atom. The number of halogens is 1. The van der Waals surface area contributed by atoms with Crippen molar-refractivity contribution in [2.24, 2.45) is 11.1 Å². The Labute approximate surface area is 98.5 Å². The van der Waals surface area contributed by atoms with E-state index in [0.29, 0.717) is 0 Å². The number of hydrogen-bond donors (Lipinski definition) is 1. The molecule has 0 saturated heterocycles. The van der Waals surface area contributed by atoms with Crippen molar-refractivity contribution in [2.75, 3.05) is 0 Å². The summed E-state index contributed by atoms with van der Waals surface area (Å²) < 4.78 is 0. The van der Waals surface area contributed by atoms with Crippen LogP contribution in [0.5, 0.6) is 0 Å². The zero-order chi connectivity index (χ0) is 10.4. The van der Waals surface area contributed by atoms with E-state index in [1.807, 2.05) is 0 Å². The summed E-state index contributed by atoms with van der Waals surface area (Å²) in [6.07, 6.45) is 2.25. The number of nitrogens with two attached hydrogens (primary N) is 1. The quantitative estimate of drug-likeness (QED) is 0.780. The van der Waals surface area contributed by atoms with Crippen molar-refractivity contribution >= 4 is 12.4 Å². The smallest absolute Gasteiger partial charge is 0.0441 e. The van der Waals surface area contributed by atoms with Gasteiger partial charge in [-0.3, -0.25) is 0 Å². The van der Waals surface area contributed by atoms with Crippen molar-refractivity contribution in [1.82, 2.24) is 0 Å². The van der Waals surface area contributed by atoms with Crippen LogP contribution in [0.2, 0.25) is 0 Å². The maximum absolute atomic E-state index is 6.48. The van der Waals surface area contributed by atoms with Gasteiger partial charge in [-0.1, -0.05) is 38.1 Å². The Bertz CT molecular complexity index is 359. The first-order chi connectivity index (χ1) is 6.51. The summed E-state index contributed by atoms with van der Waals surface area (Å²) in [7, 11) is 0. The van der Waals surface area contributed by atoms with Crippen LogP contribution in [0.15, 0.2) is 24.3 Å². The topological polar surface area (TPSA) is 26.0 Å². The number of hydrogen-bond acceptors (Lipinski definition) is 1. The minimum atomic E-state index is -0.168. The zero-order valence-corrected chi connectivity index (χ0v) is 10.5. The van der Waals surface area contributed by atoms with Crippen LogP contribution in [0.3, 0.4) is 0 Å². The lowest BCUT2D eigenvalue weighted by atomic mass is 9.71. The highest BCUT2D eigenvalue weighted by Crippen LogP contribution is 2.49. The lowest BCUT2D eigenvalue weighted by Crippen LogP contribution is -2.45. The van der Waals surface area contributed by atoms with Crippen LogP contribution < -0.4 is 5.73 Å². The molecule has 0 radical (unpaired) electrons. The Balaban J connectivity index is 0.00000112. The summed E-state index contributed by atoms with van der Waals surface area (Å²) in [5, 5.41) is 0. The van der Waals surface area contributed by atoms with Crippen molar-refractivity contribution in [3.8, 4) is 0 Å². The van der Waals surface area contributed by atoms with Crippen LogP contribution in [0.1, 0.15) is 38.3 Å². The van der Waals surface area contributed by atoms with Crippen LogP contribution in [-0.4, -0.2) is 0 Å². The molecular weight excluding hydrogens is 206 g/mol. The van der Waals surface area contributed by atoms with Crippen molar-refractivity contribution in [1.29, 1.82) is 0 Å². The molecule has 1 aliphatic rings. The van der Waals surface area contributed by atoms with Crippen LogP contribution in [0, 0.1) is 5.41 Å². The monoisotopic (exact) mass is 225 g/mol. The molecule has 0 bridgehead atoms. The van der Waals surface area contributed by atoms with Gasteiger partial charge in [0.15, 0.2) is 0 Å². The molecule has 0 spiro atoms. The first kappa shape index (κ1) is 12.5. The van der Waals surface area contributed by atoms with Crippen molar-refractivity contribution in [3.05, 3.63) is 35.4 Å². The first-order valence-electron chi connectivity index (χ1n) is 5.38. The van der Waals surface area contributed by atoms with Crippen LogP contribution in [0.25, 0.3) is 0 Å². The average molecular weight is 226 g/mol. The number of benzene rings is 1. The Kier molecular flexibility index (Phi) is 3.18. The van der Waals surface area contributed by atoms with E-state index in [4.69, 9.17) is 5.73 Å². The van der Waals surface area contributed by atoms with E-state index in [1.165, 1.54) is 11.1 Å². The molecule has 0 fully saturated rings. The minimum Gasteiger partial charge on any atom is -0.321 e. The van der Waals surface area contributed by atoms with Crippen molar-refractivity contribution < 1.29 is 0 Å². The molecule has 1 aromatic rings. The molecule has 2 N–H and O–H groups in total. The molecule has 0 aliphatic heterocycles. The summed E-state index contributed by atoms with van der Waals surface area (Å²) >= 11 is 0. The van der Waals surface area contributed by atoms with Gasteiger partial charge in [-0.15, -0.1) is 12.4 Å². The van der Waals surface area contributed by atoms with E-state index in [1.54, 1.807) is 0 Å². The molecule has 1 nitrogen and oxygen atoms in total. The fourth-order valence-electron chi connectivity index (χ4n) is 2.60. The largest absolute Gasteiger partial charge is 0.321 e. The standard InChI is InChI=1S/C13H19N.ClH/c1-4-12(2)9-10-7-5-6-8-11(10)13(12,3)14;/h5-8H,4,9,14H2,1-3H3;1H. The van der Waals surface area contributed by atoms with Crippen molar-refractivity contribution in [3.63, 3.8) is 0 Å². The van der Waals surface area contributed by atoms with E-state index < -0.39 is 0 Å². The molecule has 2 rings (SSSR count). The number of rotatable bonds is 1. The molecule has 0 saturated carbocycles. The van der Waals surface area contributed by atoms with Crippen LogP contribution >= 0.6 is 12.4 Å². The molecule has 1 aliphatic carbocycles. The molecule has 84 valence electrons. The lowest BCUT2D eigenvalue weighted by molar-refractivity contribution is 0.175. The van der Waals surface area contributed by atoms with E-state index in [-0.39, 0.29) is 23.4 Å². The van der Waals surface area contributed by atoms with Gasteiger partial charge in [-0.2, -0.15) is 0 Å². The molecule has 2 atom stereocenters. The Morgan fingerprint density at radius 3 is 2.40 bits per heavy atom. The molecule has 1 aromatic carbocycles. The highest BCUT2D eigenvalue weighted by molar-refractivity contribution is 5.85. The van der Waals surface area contributed by atoms with Gasteiger partial charge < -0.3 is 5.73 Å². The van der Waals surface area contributed by atoms with E-state index in [2.05, 4.69) is 45.0 Å². The van der Waals surface area contributed by atoms with E-state index in [9.17, 15) is 0 Å². The van der Waals surface area contributed by atoms with Gasteiger partial charge in [0.2, 0.25) is 0 Å². The predicted octanol–water partition coefficient (Wildman–Crippen LogP) is 3.25. The normalized spacial score (nSPS) is 33.3. The summed E-state index contributed by atoms with van der Waals surface area (Å²) in [6.45, 7) is 6.70. The lowest BCUT2D eigenvalue weighted by Gasteiger charge is -2.38. The molecule has 0 heterocycles. The van der Waals surface area contributed by atoms with Gasteiger partial charge in [-0.25, -0.2) is 0 Å². The summed E-state index contributed by atoms with van der Waals surface area (Å²) in [4.78, 5) is 0. The second-order valence-corrected chi connectivity index (χ2v) is 4.95. The molecular formula is C13H20ClN. The summed E-state index contributed by atoms with van der Waals surface area (Å²) in [6, 6.07) is 8.58. The minimum absolute atomic E-state index is 0.